The lowest BCUT2D eigenvalue weighted by molar-refractivity contribution is 0.0464. The van der Waals surface area contributed by atoms with E-state index in [0.717, 1.165) is 12.1 Å². The normalized spacial score (nSPS) is 24.5. The number of β-amino-alcohol motifs (C(OH)–C–C–N with tert-alkyl or cyclic N) is 1. The lowest BCUT2D eigenvalue weighted by Crippen LogP contribution is -2.47. The van der Waals surface area contributed by atoms with Crippen LogP contribution in [0.5, 0.6) is 0 Å². The van der Waals surface area contributed by atoms with Gasteiger partial charge < -0.3 is 15.3 Å². The summed E-state index contributed by atoms with van der Waals surface area (Å²) in [6.07, 6.45) is 0.439. The van der Waals surface area contributed by atoms with Crippen LogP contribution >= 0.6 is 0 Å². The number of aliphatic hydroxyl groups is 1. The Bertz CT molecular complexity index is 380. The molecule has 92 valence electrons. The van der Waals surface area contributed by atoms with Gasteiger partial charge in [-0.2, -0.15) is 0 Å². The molecule has 17 heavy (non-hydrogen) atoms. The van der Waals surface area contributed by atoms with E-state index in [0.29, 0.717) is 13.1 Å². The predicted molar refractivity (Wildman–Crippen MR) is 66.8 cm³/mol. The number of nitrogens with one attached hydrogen (secondary N) is 1. The first-order valence-corrected chi connectivity index (χ1v) is 5.96. The number of likely N-dealkylation sites (tertiary alicyclic amines) is 1. The Kier molecular flexibility index (Phi) is 3.64. The predicted octanol–water partition coefficient (Wildman–Crippen LogP) is 1.92. The van der Waals surface area contributed by atoms with Gasteiger partial charge in [-0.15, -0.1) is 0 Å². The van der Waals surface area contributed by atoms with Crippen molar-refractivity contribution in [3.05, 3.63) is 30.3 Å². The first-order chi connectivity index (χ1) is 8.16. The number of para-hydroxylation sites is 1. The third-order valence-electron chi connectivity index (χ3n) is 3.23. The van der Waals surface area contributed by atoms with E-state index in [-0.39, 0.29) is 11.9 Å². The highest BCUT2D eigenvalue weighted by Crippen LogP contribution is 2.17. The molecule has 1 aliphatic rings. The maximum absolute atomic E-state index is 11.9. The second-order valence-corrected chi connectivity index (χ2v) is 4.58. The molecule has 1 aromatic carbocycles. The quantitative estimate of drug-likeness (QED) is 0.780. The van der Waals surface area contributed by atoms with E-state index in [1.165, 1.54) is 0 Å². The molecule has 2 rings (SSSR count). The summed E-state index contributed by atoms with van der Waals surface area (Å²) in [4.78, 5) is 13.6. The number of nitrogens with zero attached hydrogens (tertiary/aromatic N) is 1. The molecule has 2 amide bonds. The highest BCUT2D eigenvalue weighted by molar-refractivity contribution is 5.89. The van der Waals surface area contributed by atoms with Crippen molar-refractivity contribution >= 4 is 11.7 Å². The largest absolute Gasteiger partial charge is 0.391 e. The van der Waals surface area contributed by atoms with Gasteiger partial charge in [0.2, 0.25) is 0 Å². The summed E-state index contributed by atoms with van der Waals surface area (Å²) in [6.45, 7) is 3.13. The minimum absolute atomic E-state index is 0.137. The van der Waals surface area contributed by atoms with E-state index in [2.05, 4.69) is 5.32 Å². The van der Waals surface area contributed by atoms with Gasteiger partial charge in [-0.05, 0) is 24.5 Å². The van der Waals surface area contributed by atoms with Crippen LogP contribution in [0, 0.1) is 5.92 Å². The van der Waals surface area contributed by atoms with Crippen LogP contribution in [0.2, 0.25) is 0 Å². The average Bonchev–Trinajstić information content (AvgIpc) is 2.34. The monoisotopic (exact) mass is 234 g/mol. The van der Waals surface area contributed by atoms with Crippen molar-refractivity contribution in [1.29, 1.82) is 0 Å². The summed E-state index contributed by atoms with van der Waals surface area (Å²) in [5, 5.41) is 12.6. The topological polar surface area (TPSA) is 52.6 Å². The van der Waals surface area contributed by atoms with Crippen molar-refractivity contribution < 1.29 is 9.90 Å². The number of benzene rings is 1. The number of carbonyl (C=O) groups excluding carboxylic acids is 1. The van der Waals surface area contributed by atoms with Crippen LogP contribution in [0.4, 0.5) is 10.5 Å². The summed E-state index contributed by atoms with van der Waals surface area (Å²) < 4.78 is 0. The van der Waals surface area contributed by atoms with E-state index in [4.69, 9.17) is 0 Å². The highest BCUT2D eigenvalue weighted by Gasteiger charge is 2.27. The Morgan fingerprint density at radius 2 is 2.12 bits per heavy atom. The SMILES string of the molecule is CC1CCN(C(=O)Nc2ccccc2)CC1O. The van der Waals surface area contributed by atoms with Gasteiger partial charge in [-0.3, -0.25) is 0 Å². The molecule has 4 nitrogen and oxygen atoms in total. The van der Waals surface area contributed by atoms with Gasteiger partial charge in [0, 0.05) is 18.8 Å². The molecule has 0 spiro atoms. The van der Waals surface area contributed by atoms with E-state index >= 15 is 0 Å². The molecule has 0 bridgehead atoms. The standard InChI is InChI=1S/C13H18N2O2/c1-10-7-8-15(9-12(10)16)13(17)14-11-5-3-2-4-6-11/h2-6,10,12,16H,7-9H2,1H3,(H,14,17). The second-order valence-electron chi connectivity index (χ2n) is 4.58. The maximum Gasteiger partial charge on any atom is 0.321 e. The summed E-state index contributed by atoms with van der Waals surface area (Å²) in [6, 6.07) is 9.22. The zero-order valence-corrected chi connectivity index (χ0v) is 9.97. The summed E-state index contributed by atoms with van der Waals surface area (Å²) in [5.74, 6) is 0.274. The number of urea groups is 1. The Morgan fingerprint density at radius 3 is 2.76 bits per heavy atom. The van der Waals surface area contributed by atoms with Gasteiger partial charge in [0.05, 0.1) is 6.10 Å². The zero-order chi connectivity index (χ0) is 12.3. The van der Waals surface area contributed by atoms with Crippen molar-refractivity contribution in [2.45, 2.75) is 19.4 Å². The van der Waals surface area contributed by atoms with E-state index in [1.807, 2.05) is 37.3 Å². The van der Waals surface area contributed by atoms with Gasteiger partial charge in [0.15, 0.2) is 0 Å². The van der Waals surface area contributed by atoms with Crippen LogP contribution in [0.1, 0.15) is 13.3 Å². The van der Waals surface area contributed by atoms with Gasteiger partial charge in [-0.25, -0.2) is 4.79 Å². The molecule has 4 heteroatoms. The van der Waals surface area contributed by atoms with Gasteiger partial charge in [0.1, 0.15) is 0 Å². The Labute approximate surface area is 101 Å². The molecule has 2 N–H and O–H groups in total. The number of piperidine rings is 1. The van der Waals surface area contributed by atoms with Crippen LogP contribution in [-0.4, -0.2) is 35.2 Å². The number of hydrogen-bond donors (Lipinski definition) is 2. The molecule has 1 heterocycles. The molecule has 1 aromatic rings. The Hall–Kier alpha value is -1.55. The number of rotatable bonds is 1. The smallest absolute Gasteiger partial charge is 0.321 e. The minimum Gasteiger partial charge on any atom is -0.391 e. The molecule has 2 unspecified atom stereocenters. The van der Waals surface area contributed by atoms with Crippen LogP contribution in [0.3, 0.4) is 0 Å². The Morgan fingerprint density at radius 1 is 1.41 bits per heavy atom. The molecule has 1 saturated heterocycles. The molecule has 0 saturated carbocycles. The molecule has 2 atom stereocenters. The van der Waals surface area contributed by atoms with Crippen molar-refractivity contribution in [3.63, 3.8) is 0 Å². The summed E-state index contributed by atoms with van der Waals surface area (Å²) in [7, 11) is 0. The minimum atomic E-state index is -0.412. The van der Waals surface area contributed by atoms with Gasteiger partial charge in [0.25, 0.3) is 0 Å². The molecule has 1 fully saturated rings. The number of amides is 2. The molecule has 1 aliphatic heterocycles. The fraction of sp³-hybridized carbons (Fsp3) is 0.462. The van der Waals surface area contributed by atoms with Crippen molar-refractivity contribution in [1.82, 2.24) is 4.90 Å². The third-order valence-corrected chi connectivity index (χ3v) is 3.23. The summed E-state index contributed by atoms with van der Waals surface area (Å²) >= 11 is 0. The molecular weight excluding hydrogens is 216 g/mol. The fourth-order valence-corrected chi connectivity index (χ4v) is 1.96. The van der Waals surface area contributed by atoms with Crippen molar-refractivity contribution in [2.75, 3.05) is 18.4 Å². The number of aliphatic hydroxyl groups excluding tert-OH is 1. The molecule has 0 radical (unpaired) electrons. The first kappa shape index (κ1) is 11.9. The van der Waals surface area contributed by atoms with Gasteiger partial charge >= 0.3 is 6.03 Å². The average molecular weight is 234 g/mol. The van der Waals surface area contributed by atoms with E-state index in [1.54, 1.807) is 4.90 Å². The lowest BCUT2D eigenvalue weighted by atomic mass is 9.96. The zero-order valence-electron chi connectivity index (χ0n) is 9.97. The van der Waals surface area contributed by atoms with Crippen molar-refractivity contribution in [3.8, 4) is 0 Å². The number of anilines is 1. The highest BCUT2D eigenvalue weighted by atomic mass is 16.3. The lowest BCUT2D eigenvalue weighted by Gasteiger charge is -2.34. The van der Waals surface area contributed by atoms with E-state index in [9.17, 15) is 9.90 Å². The number of hydrogen-bond acceptors (Lipinski definition) is 2. The Balaban J connectivity index is 1.93. The van der Waals surface area contributed by atoms with Crippen LogP contribution in [0.25, 0.3) is 0 Å². The van der Waals surface area contributed by atoms with E-state index < -0.39 is 6.10 Å². The summed E-state index contributed by atoms with van der Waals surface area (Å²) in [5.41, 5.74) is 0.783. The maximum atomic E-state index is 11.9. The third kappa shape index (κ3) is 2.97. The van der Waals surface area contributed by atoms with Crippen LogP contribution < -0.4 is 5.32 Å². The molecule has 0 aliphatic carbocycles. The molecule has 0 aromatic heterocycles. The molecular formula is C13H18N2O2. The second kappa shape index (κ2) is 5.19. The number of carbonyl (C=O) groups is 1. The van der Waals surface area contributed by atoms with Crippen LogP contribution in [0.15, 0.2) is 30.3 Å². The van der Waals surface area contributed by atoms with Gasteiger partial charge in [-0.1, -0.05) is 25.1 Å². The first-order valence-electron chi connectivity index (χ1n) is 5.96. The van der Waals surface area contributed by atoms with Crippen LogP contribution in [-0.2, 0) is 0 Å². The van der Waals surface area contributed by atoms with Crippen molar-refractivity contribution in [2.24, 2.45) is 5.92 Å². The fourth-order valence-electron chi connectivity index (χ4n) is 1.96.